The fourth-order valence-corrected chi connectivity index (χ4v) is 2.85. The molecule has 22 heavy (non-hydrogen) atoms. The van der Waals surface area contributed by atoms with E-state index in [1.54, 1.807) is 4.57 Å². The predicted molar refractivity (Wildman–Crippen MR) is 76.3 cm³/mol. The van der Waals surface area contributed by atoms with Crippen molar-refractivity contribution in [2.45, 2.75) is 12.1 Å². The molecule has 0 spiro atoms. The number of fused-ring (bicyclic) bond motifs is 1. The first-order valence-electron chi connectivity index (χ1n) is 6.44. The van der Waals surface area contributed by atoms with E-state index in [4.69, 9.17) is 20.3 Å². The van der Waals surface area contributed by atoms with Gasteiger partial charge in [0.1, 0.15) is 6.35 Å². The van der Waals surface area contributed by atoms with Crippen LogP contribution in [0.5, 0.6) is 0 Å². The summed E-state index contributed by atoms with van der Waals surface area (Å²) in [6, 6.07) is -0.301. The van der Waals surface area contributed by atoms with Crippen LogP contribution in [0.4, 0.5) is 5.95 Å². The Morgan fingerprint density at radius 1 is 1.50 bits per heavy atom. The molecule has 3 heterocycles. The van der Waals surface area contributed by atoms with Crippen molar-refractivity contribution < 1.29 is 19.1 Å². The molecule has 0 radical (unpaired) electrons. The minimum atomic E-state index is -4.25. The molecule has 1 aliphatic heterocycles. The molecule has 12 heteroatoms. The fraction of sp³-hybridized carbons (Fsp3) is 0.500. The number of H-pyrrole nitrogens is 1. The molecule has 0 bridgehead atoms. The summed E-state index contributed by atoms with van der Waals surface area (Å²) < 4.78 is 17.9. The summed E-state index contributed by atoms with van der Waals surface area (Å²) in [6.07, 6.45) is 0.295. The van der Waals surface area contributed by atoms with Crippen molar-refractivity contribution in [3.63, 3.8) is 0 Å². The van der Waals surface area contributed by atoms with Gasteiger partial charge in [0.2, 0.25) is 5.95 Å². The third kappa shape index (κ3) is 2.89. The highest BCUT2D eigenvalue weighted by Crippen LogP contribution is 2.36. The molecule has 2 aromatic heterocycles. The smallest absolute Gasteiger partial charge is 0.350 e. The molecule has 0 amide bonds. The second-order valence-corrected chi connectivity index (χ2v) is 6.59. The lowest BCUT2D eigenvalue weighted by Gasteiger charge is -2.21. The molecule has 120 valence electrons. The van der Waals surface area contributed by atoms with E-state index in [0.29, 0.717) is 18.7 Å². The largest absolute Gasteiger partial charge is 0.369 e. The summed E-state index contributed by atoms with van der Waals surface area (Å²) in [6.45, 7) is 0.911. The van der Waals surface area contributed by atoms with Crippen molar-refractivity contribution in [2.75, 3.05) is 25.2 Å². The number of imidazole rings is 1. The molecular weight excluding hydrogens is 315 g/mol. The highest BCUT2D eigenvalue weighted by Gasteiger charge is 2.32. The zero-order valence-corrected chi connectivity index (χ0v) is 12.2. The lowest BCUT2D eigenvalue weighted by atomic mass is 10.2. The van der Waals surface area contributed by atoms with Crippen molar-refractivity contribution in [3.05, 3.63) is 16.7 Å². The topological polar surface area (TPSA) is 168 Å². The third-order valence-corrected chi connectivity index (χ3v) is 3.88. The van der Waals surface area contributed by atoms with Crippen molar-refractivity contribution in [3.8, 4) is 0 Å². The van der Waals surface area contributed by atoms with Crippen LogP contribution in [0.1, 0.15) is 6.04 Å². The number of hydrogen-bond donors (Lipinski definition) is 5. The molecule has 2 aromatic rings. The maximum atomic E-state index is 11.8. The molecule has 0 aliphatic carbocycles. The Morgan fingerprint density at radius 3 is 3.00 bits per heavy atom. The van der Waals surface area contributed by atoms with E-state index in [-0.39, 0.29) is 17.5 Å². The third-order valence-electron chi connectivity index (χ3n) is 3.39. The number of nitrogen functional groups attached to an aromatic ring is 1. The van der Waals surface area contributed by atoms with Gasteiger partial charge in [-0.15, -0.1) is 0 Å². The van der Waals surface area contributed by atoms with E-state index in [9.17, 15) is 9.36 Å². The Kier molecular flexibility index (Phi) is 3.75. The Balaban J connectivity index is 1.93. The average molecular weight is 330 g/mol. The van der Waals surface area contributed by atoms with Gasteiger partial charge in [-0.3, -0.25) is 14.3 Å². The summed E-state index contributed by atoms with van der Waals surface area (Å²) in [4.78, 5) is 40.0. The molecule has 0 saturated carbocycles. The quantitative estimate of drug-likeness (QED) is 0.413. The minimum absolute atomic E-state index is 0.0297. The Hall–Kier alpha value is -1.78. The van der Waals surface area contributed by atoms with Crippen LogP contribution in [0.15, 0.2) is 11.1 Å². The van der Waals surface area contributed by atoms with E-state index >= 15 is 0 Å². The number of nitrogens with one attached hydrogen (secondary N) is 2. The van der Waals surface area contributed by atoms with E-state index < -0.39 is 25.6 Å². The van der Waals surface area contributed by atoms with Crippen LogP contribution in [-0.2, 0) is 9.30 Å². The van der Waals surface area contributed by atoms with E-state index in [1.807, 2.05) is 0 Å². The number of nitrogens with zero attached hydrogens (tertiary/aromatic N) is 3. The summed E-state index contributed by atoms with van der Waals surface area (Å²) in [5.74, 6) is -0.0297. The molecule has 3 rings (SSSR count). The van der Waals surface area contributed by atoms with Gasteiger partial charge in [0.25, 0.3) is 5.56 Å². The number of rotatable bonds is 4. The summed E-state index contributed by atoms with van der Waals surface area (Å²) >= 11 is 0. The molecule has 1 unspecified atom stereocenters. The number of ether oxygens (including phenoxy) is 1. The number of aromatic amines is 1. The minimum Gasteiger partial charge on any atom is -0.369 e. The van der Waals surface area contributed by atoms with Gasteiger partial charge in [-0.05, 0) is 0 Å². The summed E-state index contributed by atoms with van der Waals surface area (Å²) in [5.41, 5.74) is 5.55. The first kappa shape index (κ1) is 15.1. The van der Waals surface area contributed by atoms with Crippen LogP contribution >= 0.6 is 7.60 Å². The van der Waals surface area contributed by atoms with Gasteiger partial charge in [-0.2, -0.15) is 4.98 Å². The highest BCUT2D eigenvalue weighted by atomic mass is 31.2. The average Bonchev–Trinajstić information content (AvgIpc) is 3.00. The van der Waals surface area contributed by atoms with Gasteiger partial charge < -0.3 is 30.1 Å². The van der Waals surface area contributed by atoms with Gasteiger partial charge in [0.05, 0.1) is 18.5 Å². The number of hydrogen-bond acceptors (Lipinski definition) is 7. The van der Waals surface area contributed by atoms with E-state index in [2.05, 4.69) is 20.3 Å². The Bertz CT molecular complexity index is 797. The maximum Gasteiger partial charge on any atom is 0.350 e. The zero-order chi connectivity index (χ0) is 15.9. The van der Waals surface area contributed by atoms with Crippen LogP contribution < -0.4 is 16.6 Å². The van der Waals surface area contributed by atoms with Crippen LogP contribution in [0, 0.1) is 0 Å². The van der Waals surface area contributed by atoms with Crippen LogP contribution in [-0.4, -0.2) is 54.8 Å². The lowest BCUT2D eigenvalue weighted by Crippen LogP contribution is -2.26. The number of nitrogens with two attached hydrogens (primary N) is 1. The maximum absolute atomic E-state index is 11.8. The second kappa shape index (κ2) is 5.45. The fourth-order valence-electron chi connectivity index (χ4n) is 2.47. The van der Waals surface area contributed by atoms with Gasteiger partial charge in [-0.25, -0.2) is 4.98 Å². The highest BCUT2D eigenvalue weighted by molar-refractivity contribution is 7.51. The zero-order valence-electron chi connectivity index (χ0n) is 11.3. The van der Waals surface area contributed by atoms with Crippen LogP contribution in [0.25, 0.3) is 11.2 Å². The molecule has 2 atom stereocenters. The van der Waals surface area contributed by atoms with Gasteiger partial charge in [0.15, 0.2) is 11.2 Å². The van der Waals surface area contributed by atoms with E-state index in [0.717, 1.165) is 0 Å². The molecule has 11 nitrogen and oxygen atoms in total. The molecule has 1 fully saturated rings. The van der Waals surface area contributed by atoms with Gasteiger partial charge in [0, 0.05) is 13.1 Å². The van der Waals surface area contributed by atoms with Crippen molar-refractivity contribution in [1.82, 2.24) is 24.8 Å². The van der Waals surface area contributed by atoms with Gasteiger partial charge >= 0.3 is 7.60 Å². The lowest BCUT2D eigenvalue weighted by molar-refractivity contribution is 0.0625. The molecular formula is C10H15N6O5P. The molecule has 0 aromatic carbocycles. The van der Waals surface area contributed by atoms with Crippen LogP contribution in [0.2, 0.25) is 0 Å². The first-order chi connectivity index (χ1) is 10.3. The molecule has 6 N–H and O–H groups in total. The van der Waals surface area contributed by atoms with Crippen molar-refractivity contribution >= 4 is 24.7 Å². The normalized spacial score (nSPS) is 22.5. The van der Waals surface area contributed by atoms with Gasteiger partial charge in [-0.1, -0.05) is 0 Å². The molecule has 1 aliphatic rings. The first-order valence-corrected chi connectivity index (χ1v) is 8.24. The van der Waals surface area contributed by atoms with E-state index in [1.165, 1.54) is 6.33 Å². The Morgan fingerprint density at radius 2 is 2.27 bits per heavy atom. The van der Waals surface area contributed by atoms with Crippen LogP contribution in [0.3, 0.4) is 0 Å². The van der Waals surface area contributed by atoms with Crippen molar-refractivity contribution in [1.29, 1.82) is 0 Å². The van der Waals surface area contributed by atoms with Crippen molar-refractivity contribution in [2.24, 2.45) is 0 Å². The number of aromatic nitrogens is 4. The SMILES string of the molecule is Nc1nc2c(ncn2C2CNC[C@@H]2OCP(=O)(O)O)c(=O)[nH]1. The monoisotopic (exact) mass is 330 g/mol. The number of anilines is 1. The standard InChI is InChI=1S/C10H15N6O5P/c11-10-14-8-7(9(17)15-10)13-3-16(8)5-1-12-2-6(5)21-4-22(18,19)20/h3,5-6,12H,1-2,4H2,(H2,18,19,20)(H3,11,14,15,17)/t5?,6-/m0/s1. The second-order valence-electron chi connectivity index (χ2n) is 5.00. The summed E-state index contributed by atoms with van der Waals surface area (Å²) in [7, 11) is -4.25. The summed E-state index contributed by atoms with van der Waals surface area (Å²) in [5, 5.41) is 3.07. The molecule has 1 saturated heterocycles. The predicted octanol–water partition coefficient (Wildman–Crippen LogP) is -1.63. The Labute approximate surface area is 123 Å².